The molecule has 3 rings (SSSR count). The minimum absolute atomic E-state index is 0.105. The summed E-state index contributed by atoms with van der Waals surface area (Å²) >= 11 is 0. The number of benzene rings is 1. The van der Waals surface area contributed by atoms with E-state index in [2.05, 4.69) is 45.2 Å². The van der Waals surface area contributed by atoms with Crippen molar-refractivity contribution in [3.8, 4) is 5.88 Å². The second-order valence-corrected chi connectivity index (χ2v) is 5.69. The van der Waals surface area contributed by atoms with Gasteiger partial charge in [0, 0.05) is 31.4 Å². The van der Waals surface area contributed by atoms with Crippen LogP contribution in [0.1, 0.15) is 31.7 Å². The molecule has 1 aliphatic rings. The van der Waals surface area contributed by atoms with Gasteiger partial charge in [-0.15, -0.1) is 0 Å². The SMILES string of the molecule is CC(C)Oc1nccnc1N1CCC(c2ccccc2)C1. The first-order valence-electron chi connectivity index (χ1n) is 7.51. The van der Waals surface area contributed by atoms with E-state index in [4.69, 9.17) is 4.74 Å². The monoisotopic (exact) mass is 283 g/mol. The third-order valence-corrected chi connectivity index (χ3v) is 3.75. The van der Waals surface area contributed by atoms with E-state index in [1.807, 2.05) is 13.8 Å². The first kappa shape index (κ1) is 13.9. The summed E-state index contributed by atoms with van der Waals surface area (Å²) in [7, 11) is 0. The molecular formula is C17H21N3O. The number of ether oxygens (including phenoxy) is 1. The standard InChI is InChI=1S/C17H21N3O/c1-13(2)21-17-16(18-9-10-19-17)20-11-8-15(12-20)14-6-4-3-5-7-14/h3-7,9-10,13,15H,8,11-12H2,1-2H3. The van der Waals surface area contributed by atoms with Crippen LogP contribution in [0.4, 0.5) is 5.82 Å². The van der Waals surface area contributed by atoms with Crippen molar-refractivity contribution in [2.75, 3.05) is 18.0 Å². The van der Waals surface area contributed by atoms with Crippen molar-refractivity contribution in [3.63, 3.8) is 0 Å². The van der Waals surface area contributed by atoms with Gasteiger partial charge in [-0.25, -0.2) is 9.97 Å². The second kappa shape index (κ2) is 6.12. The van der Waals surface area contributed by atoms with Gasteiger partial charge in [-0.1, -0.05) is 30.3 Å². The van der Waals surface area contributed by atoms with Crippen LogP contribution < -0.4 is 9.64 Å². The summed E-state index contributed by atoms with van der Waals surface area (Å²) in [6.07, 6.45) is 4.67. The summed E-state index contributed by atoms with van der Waals surface area (Å²) in [5.74, 6) is 2.06. The van der Waals surface area contributed by atoms with Gasteiger partial charge in [0.25, 0.3) is 5.88 Å². The second-order valence-electron chi connectivity index (χ2n) is 5.69. The number of aromatic nitrogens is 2. The van der Waals surface area contributed by atoms with Gasteiger partial charge < -0.3 is 9.64 Å². The van der Waals surface area contributed by atoms with E-state index in [9.17, 15) is 0 Å². The zero-order valence-electron chi connectivity index (χ0n) is 12.6. The molecule has 1 aromatic heterocycles. The van der Waals surface area contributed by atoms with Gasteiger partial charge in [-0.05, 0) is 25.8 Å². The van der Waals surface area contributed by atoms with E-state index in [-0.39, 0.29) is 6.10 Å². The largest absolute Gasteiger partial charge is 0.472 e. The van der Waals surface area contributed by atoms with E-state index in [0.29, 0.717) is 11.8 Å². The van der Waals surface area contributed by atoms with E-state index in [1.54, 1.807) is 12.4 Å². The van der Waals surface area contributed by atoms with Gasteiger partial charge in [0.2, 0.25) is 0 Å². The maximum absolute atomic E-state index is 5.78. The fraction of sp³-hybridized carbons (Fsp3) is 0.412. The van der Waals surface area contributed by atoms with E-state index >= 15 is 0 Å². The van der Waals surface area contributed by atoms with E-state index < -0.39 is 0 Å². The number of hydrogen-bond donors (Lipinski definition) is 0. The minimum atomic E-state index is 0.105. The van der Waals surface area contributed by atoms with Crippen molar-refractivity contribution < 1.29 is 4.74 Å². The quantitative estimate of drug-likeness (QED) is 0.863. The molecule has 1 atom stereocenters. The number of nitrogens with zero attached hydrogens (tertiary/aromatic N) is 3. The lowest BCUT2D eigenvalue weighted by atomic mass is 9.99. The maximum atomic E-state index is 5.78. The summed E-state index contributed by atoms with van der Waals surface area (Å²) in [4.78, 5) is 11.1. The molecular weight excluding hydrogens is 262 g/mol. The Morgan fingerprint density at radius 3 is 2.67 bits per heavy atom. The smallest absolute Gasteiger partial charge is 0.257 e. The molecule has 1 aromatic carbocycles. The Balaban J connectivity index is 1.77. The van der Waals surface area contributed by atoms with Crippen LogP contribution in [0, 0.1) is 0 Å². The van der Waals surface area contributed by atoms with Crippen LogP contribution >= 0.6 is 0 Å². The highest BCUT2D eigenvalue weighted by atomic mass is 16.5. The zero-order chi connectivity index (χ0) is 14.7. The lowest BCUT2D eigenvalue weighted by molar-refractivity contribution is 0.232. The molecule has 4 heteroatoms. The molecule has 110 valence electrons. The van der Waals surface area contributed by atoms with Gasteiger partial charge in [-0.3, -0.25) is 0 Å². The highest BCUT2D eigenvalue weighted by molar-refractivity contribution is 5.49. The molecule has 0 bridgehead atoms. The van der Waals surface area contributed by atoms with Crippen LogP contribution in [-0.4, -0.2) is 29.2 Å². The first-order chi connectivity index (χ1) is 10.2. The fourth-order valence-corrected chi connectivity index (χ4v) is 2.79. The summed E-state index contributed by atoms with van der Waals surface area (Å²) in [5, 5.41) is 0. The molecule has 0 radical (unpaired) electrons. The normalized spacial score (nSPS) is 18.2. The average molecular weight is 283 g/mol. The predicted octanol–water partition coefficient (Wildman–Crippen LogP) is 3.26. The molecule has 0 amide bonds. The number of hydrogen-bond acceptors (Lipinski definition) is 4. The lowest BCUT2D eigenvalue weighted by Crippen LogP contribution is -2.22. The topological polar surface area (TPSA) is 38.3 Å². The third kappa shape index (κ3) is 3.15. The van der Waals surface area contributed by atoms with Crippen LogP contribution in [0.5, 0.6) is 5.88 Å². The van der Waals surface area contributed by atoms with Crippen molar-refractivity contribution in [2.45, 2.75) is 32.3 Å². The van der Waals surface area contributed by atoms with Gasteiger partial charge >= 0.3 is 0 Å². The van der Waals surface area contributed by atoms with E-state index in [0.717, 1.165) is 25.3 Å². The summed E-state index contributed by atoms with van der Waals surface area (Å²) < 4.78 is 5.78. The summed E-state index contributed by atoms with van der Waals surface area (Å²) in [6, 6.07) is 10.7. The van der Waals surface area contributed by atoms with Crippen molar-refractivity contribution in [2.24, 2.45) is 0 Å². The molecule has 1 aliphatic heterocycles. The van der Waals surface area contributed by atoms with Crippen LogP contribution in [0.2, 0.25) is 0 Å². The average Bonchev–Trinajstić information content (AvgIpc) is 2.98. The molecule has 21 heavy (non-hydrogen) atoms. The van der Waals surface area contributed by atoms with E-state index in [1.165, 1.54) is 5.56 Å². The fourth-order valence-electron chi connectivity index (χ4n) is 2.79. The van der Waals surface area contributed by atoms with Gasteiger partial charge in [0.05, 0.1) is 6.10 Å². The lowest BCUT2D eigenvalue weighted by Gasteiger charge is -2.20. The Hall–Kier alpha value is -2.10. The number of anilines is 1. The van der Waals surface area contributed by atoms with Crippen LogP contribution in [-0.2, 0) is 0 Å². The van der Waals surface area contributed by atoms with Gasteiger partial charge in [-0.2, -0.15) is 0 Å². The molecule has 4 nitrogen and oxygen atoms in total. The Morgan fingerprint density at radius 1 is 1.14 bits per heavy atom. The Kier molecular flexibility index (Phi) is 4.04. The summed E-state index contributed by atoms with van der Waals surface area (Å²) in [6.45, 7) is 5.98. The molecule has 0 saturated carbocycles. The van der Waals surface area contributed by atoms with Crippen molar-refractivity contribution in [1.29, 1.82) is 0 Å². The molecule has 1 saturated heterocycles. The van der Waals surface area contributed by atoms with Crippen LogP contribution in [0.3, 0.4) is 0 Å². The third-order valence-electron chi connectivity index (χ3n) is 3.75. The molecule has 2 aromatic rings. The predicted molar refractivity (Wildman–Crippen MR) is 83.8 cm³/mol. The minimum Gasteiger partial charge on any atom is -0.472 e. The Labute approximate surface area is 125 Å². The first-order valence-corrected chi connectivity index (χ1v) is 7.51. The highest BCUT2D eigenvalue weighted by Crippen LogP contribution is 2.33. The Morgan fingerprint density at radius 2 is 1.90 bits per heavy atom. The highest BCUT2D eigenvalue weighted by Gasteiger charge is 2.27. The summed E-state index contributed by atoms with van der Waals surface area (Å²) in [5.41, 5.74) is 1.40. The van der Waals surface area contributed by atoms with Crippen molar-refractivity contribution >= 4 is 5.82 Å². The Bertz CT molecular complexity index is 586. The molecule has 1 fully saturated rings. The van der Waals surface area contributed by atoms with Crippen molar-refractivity contribution in [3.05, 3.63) is 48.3 Å². The zero-order valence-corrected chi connectivity index (χ0v) is 12.6. The van der Waals surface area contributed by atoms with Gasteiger partial charge in [0.1, 0.15) is 0 Å². The number of rotatable bonds is 4. The van der Waals surface area contributed by atoms with Crippen molar-refractivity contribution in [1.82, 2.24) is 9.97 Å². The molecule has 0 aliphatic carbocycles. The van der Waals surface area contributed by atoms with Crippen LogP contribution in [0.25, 0.3) is 0 Å². The maximum Gasteiger partial charge on any atom is 0.257 e. The molecule has 2 heterocycles. The molecule has 1 unspecified atom stereocenters. The molecule has 0 N–H and O–H groups in total. The molecule has 0 spiro atoms. The van der Waals surface area contributed by atoms with Crippen LogP contribution in [0.15, 0.2) is 42.7 Å². The van der Waals surface area contributed by atoms with Gasteiger partial charge in [0.15, 0.2) is 5.82 Å².